The van der Waals surface area contributed by atoms with E-state index in [1.54, 1.807) is 11.3 Å². The number of nitrogens with zero attached hydrogens (tertiary/aromatic N) is 5. The summed E-state index contributed by atoms with van der Waals surface area (Å²) >= 11 is 1.69. The van der Waals surface area contributed by atoms with Crippen molar-refractivity contribution in [3.63, 3.8) is 0 Å². The highest BCUT2D eigenvalue weighted by atomic mass is 127. The van der Waals surface area contributed by atoms with Crippen molar-refractivity contribution in [2.24, 2.45) is 4.99 Å². The molecule has 2 N–H and O–H groups in total. The lowest BCUT2D eigenvalue weighted by molar-refractivity contribution is 0.312. The number of pyridine rings is 1. The first-order valence-corrected chi connectivity index (χ1v) is 11.3. The lowest BCUT2D eigenvalue weighted by atomic mass is 10.2. The highest BCUT2D eigenvalue weighted by Gasteiger charge is 2.15. The van der Waals surface area contributed by atoms with Crippen LogP contribution in [0.5, 0.6) is 0 Å². The van der Waals surface area contributed by atoms with Gasteiger partial charge in [0.05, 0.1) is 18.8 Å². The summed E-state index contributed by atoms with van der Waals surface area (Å²) in [5, 5.41) is 9.90. The van der Waals surface area contributed by atoms with Gasteiger partial charge in [0.15, 0.2) is 5.96 Å². The van der Waals surface area contributed by atoms with Gasteiger partial charge in [-0.2, -0.15) is 0 Å². The molecule has 3 rings (SSSR count). The van der Waals surface area contributed by atoms with E-state index in [1.807, 2.05) is 6.20 Å². The molecule has 0 radical (unpaired) electrons. The van der Waals surface area contributed by atoms with Gasteiger partial charge < -0.3 is 20.4 Å². The molecule has 1 aliphatic heterocycles. The molecule has 2 aromatic rings. The van der Waals surface area contributed by atoms with Gasteiger partial charge in [-0.05, 0) is 31.5 Å². The molecular formula is C21H34IN7S. The number of guanidine groups is 1. The lowest BCUT2D eigenvalue weighted by Gasteiger charge is -2.33. The number of aliphatic imine (C=N–C) groups is 1. The summed E-state index contributed by atoms with van der Waals surface area (Å²) in [6, 6.07) is 4.24. The standard InChI is InChI=1S/C21H33N7S.HI/c1-5-22-21(25-14-20-26-18(15-29-20)16(2)3)24-13-17-6-7-19(23-12-17)28-10-8-27(4)9-11-28;/h6-7,12,15-16H,5,8-11,13-14H2,1-4H3,(H2,22,24,25);1H. The Kier molecular flexibility index (Phi) is 10.3. The summed E-state index contributed by atoms with van der Waals surface area (Å²) in [4.78, 5) is 18.7. The van der Waals surface area contributed by atoms with Gasteiger partial charge >= 0.3 is 0 Å². The van der Waals surface area contributed by atoms with Crippen LogP contribution in [0, 0.1) is 0 Å². The summed E-state index contributed by atoms with van der Waals surface area (Å²) in [5.74, 6) is 2.32. The van der Waals surface area contributed by atoms with Crippen LogP contribution in [0.25, 0.3) is 0 Å². The van der Waals surface area contributed by atoms with Crippen LogP contribution in [0.1, 0.15) is 43.0 Å². The average molecular weight is 544 g/mol. The number of halogens is 1. The zero-order valence-electron chi connectivity index (χ0n) is 18.4. The zero-order valence-corrected chi connectivity index (χ0v) is 21.5. The number of nitrogens with one attached hydrogen (secondary N) is 2. The molecule has 0 atom stereocenters. The van der Waals surface area contributed by atoms with Crippen LogP contribution in [0.4, 0.5) is 5.82 Å². The van der Waals surface area contributed by atoms with Crippen molar-refractivity contribution < 1.29 is 0 Å². The zero-order chi connectivity index (χ0) is 20.6. The molecule has 1 saturated heterocycles. The van der Waals surface area contributed by atoms with Gasteiger partial charge in [-0.1, -0.05) is 19.9 Å². The van der Waals surface area contributed by atoms with Gasteiger partial charge in [0.2, 0.25) is 0 Å². The van der Waals surface area contributed by atoms with E-state index in [0.717, 1.165) is 60.8 Å². The highest BCUT2D eigenvalue weighted by Crippen LogP contribution is 2.17. The van der Waals surface area contributed by atoms with Crippen molar-refractivity contribution in [1.82, 2.24) is 25.5 Å². The van der Waals surface area contributed by atoms with E-state index in [4.69, 9.17) is 4.99 Å². The Balaban J connectivity index is 0.00000320. The molecule has 166 valence electrons. The Labute approximate surface area is 201 Å². The number of thiazole rings is 1. The topological polar surface area (TPSA) is 68.7 Å². The molecule has 1 fully saturated rings. The summed E-state index contributed by atoms with van der Waals surface area (Å²) in [6.07, 6.45) is 1.94. The molecule has 0 aliphatic carbocycles. The molecule has 2 aromatic heterocycles. The number of aromatic nitrogens is 2. The third-order valence-corrected chi connectivity index (χ3v) is 5.84. The molecule has 1 aliphatic rings. The van der Waals surface area contributed by atoms with Crippen LogP contribution in [-0.4, -0.2) is 60.6 Å². The molecule has 9 heteroatoms. The van der Waals surface area contributed by atoms with E-state index in [1.165, 1.54) is 0 Å². The number of anilines is 1. The van der Waals surface area contributed by atoms with Crippen LogP contribution in [0.2, 0.25) is 0 Å². The smallest absolute Gasteiger partial charge is 0.191 e. The first-order chi connectivity index (χ1) is 14.0. The average Bonchev–Trinajstić information content (AvgIpc) is 3.21. The van der Waals surface area contributed by atoms with Gasteiger partial charge in [0, 0.05) is 44.3 Å². The normalized spacial score (nSPS) is 15.2. The van der Waals surface area contributed by atoms with E-state index in [0.29, 0.717) is 19.0 Å². The maximum Gasteiger partial charge on any atom is 0.191 e. The molecule has 3 heterocycles. The van der Waals surface area contributed by atoms with Crippen LogP contribution < -0.4 is 15.5 Å². The maximum atomic E-state index is 4.70. The van der Waals surface area contributed by atoms with Gasteiger partial charge in [-0.15, -0.1) is 35.3 Å². The SMILES string of the molecule is CCNC(=NCc1ccc(N2CCN(C)CC2)nc1)NCc1nc(C(C)C)cs1.I. The Morgan fingerprint density at radius 2 is 1.97 bits per heavy atom. The third kappa shape index (κ3) is 7.35. The van der Waals surface area contributed by atoms with Crippen LogP contribution in [-0.2, 0) is 13.1 Å². The van der Waals surface area contributed by atoms with E-state index in [-0.39, 0.29) is 24.0 Å². The molecule has 7 nitrogen and oxygen atoms in total. The van der Waals surface area contributed by atoms with Crippen molar-refractivity contribution in [3.05, 3.63) is 40.0 Å². The minimum atomic E-state index is 0. The van der Waals surface area contributed by atoms with E-state index >= 15 is 0 Å². The predicted molar refractivity (Wildman–Crippen MR) is 137 cm³/mol. The van der Waals surface area contributed by atoms with Crippen LogP contribution >= 0.6 is 35.3 Å². The Morgan fingerprint density at radius 1 is 1.20 bits per heavy atom. The third-order valence-electron chi connectivity index (χ3n) is 4.97. The number of likely N-dealkylation sites (N-methyl/N-ethyl adjacent to an activating group) is 1. The number of rotatable bonds is 7. The molecule has 0 spiro atoms. The quantitative estimate of drug-likeness (QED) is 0.318. The van der Waals surface area contributed by atoms with Crippen molar-refractivity contribution in [1.29, 1.82) is 0 Å². The molecule has 0 unspecified atom stereocenters. The molecule has 0 saturated carbocycles. The first kappa shape index (κ1) is 24.8. The second-order valence-corrected chi connectivity index (χ2v) is 8.63. The van der Waals surface area contributed by atoms with Crippen molar-refractivity contribution >= 4 is 47.1 Å². The predicted octanol–water partition coefficient (Wildman–Crippen LogP) is 3.29. The molecule has 30 heavy (non-hydrogen) atoms. The Bertz CT molecular complexity index is 783. The van der Waals surface area contributed by atoms with E-state index in [9.17, 15) is 0 Å². The largest absolute Gasteiger partial charge is 0.357 e. The number of hydrogen-bond acceptors (Lipinski definition) is 6. The van der Waals surface area contributed by atoms with Crippen LogP contribution in [0.15, 0.2) is 28.7 Å². The maximum absolute atomic E-state index is 4.70. The molecule has 0 bridgehead atoms. The minimum Gasteiger partial charge on any atom is -0.357 e. The fraction of sp³-hybridized carbons (Fsp3) is 0.571. The molecule has 0 aromatic carbocycles. The van der Waals surface area contributed by atoms with Crippen molar-refractivity contribution in [3.8, 4) is 0 Å². The van der Waals surface area contributed by atoms with Gasteiger partial charge in [0.1, 0.15) is 10.8 Å². The Morgan fingerprint density at radius 3 is 2.57 bits per heavy atom. The molecule has 0 amide bonds. The molecular weight excluding hydrogens is 509 g/mol. The first-order valence-electron chi connectivity index (χ1n) is 10.4. The summed E-state index contributed by atoms with van der Waals surface area (Å²) in [5.41, 5.74) is 2.26. The second kappa shape index (κ2) is 12.4. The monoisotopic (exact) mass is 543 g/mol. The summed E-state index contributed by atoms with van der Waals surface area (Å²) in [6.45, 7) is 12.7. The minimum absolute atomic E-state index is 0. The summed E-state index contributed by atoms with van der Waals surface area (Å²) in [7, 11) is 2.17. The van der Waals surface area contributed by atoms with Crippen LogP contribution in [0.3, 0.4) is 0 Å². The fourth-order valence-electron chi connectivity index (χ4n) is 3.08. The van der Waals surface area contributed by atoms with Crippen molar-refractivity contribution in [2.75, 3.05) is 44.7 Å². The Hall–Kier alpha value is -1.46. The van der Waals surface area contributed by atoms with Gasteiger partial charge in [-0.3, -0.25) is 0 Å². The van der Waals surface area contributed by atoms with Gasteiger partial charge in [-0.25, -0.2) is 15.0 Å². The lowest BCUT2D eigenvalue weighted by Crippen LogP contribution is -2.44. The summed E-state index contributed by atoms with van der Waals surface area (Å²) < 4.78 is 0. The van der Waals surface area contributed by atoms with E-state index < -0.39 is 0 Å². The number of hydrogen-bond donors (Lipinski definition) is 2. The highest BCUT2D eigenvalue weighted by molar-refractivity contribution is 14.0. The van der Waals surface area contributed by atoms with Crippen molar-refractivity contribution in [2.45, 2.75) is 39.8 Å². The van der Waals surface area contributed by atoms with Gasteiger partial charge in [0.25, 0.3) is 0 Å². The van der Waals surface area contributed by atoms with E-state index in [2.05, 4.69) is 75.7 Å². The fourth-order valence-corrected chi connectivity index (χ4v) is 3.97. The number of piperazine rings is 1. The second-order valence-electron chi connectivity index (χ2n) is 7.68.